The van der Waals surface area contributed by atoms with E-state index in [9.17, 15) is 14.0 Å². The lowest BCUT2D eigenvalue weighted by molar-refractivity contribution is -0.122. The van der Waals surface area contributed by atoms with Crippen LogP contribution >= 0.6 is 0 Å². The minimum atomic E-state index is -1.77. The number of anilines is 1. The largest absolute Gasteiger partial charge is 0.491 e. The molecule has 1 saturated carbocycles. The van der Waals surface area contributed by atoms with Crippen LogP contribution in [0.25, 0.3) is 11.1 Å². The summed E-state index contributed by atoms with van der Waals surface area (Å²) in [4.78, 5) is 35.5. The van der Waals surface area contributed by atoms with Crippen LogP contribution in [0.5, 0.6) is 5.75 Å². The molecule has 194 valence electrons. The van der Waals surface area contributed by atoms with Gasteiger partial charge in [0, 0.05) is 34.7 Å². The molecule has 2 heterocycles. The molecule has 1 atom stereocenters. The first-order valence-corrected chi connectivity index (χ1v) is 12.5. The predicted octanol–water partition coefficient (Wildman–Crippen LogP) is 5.37. The molecular weight excluding hydrogens is 463 g/mol. The average molecular weight is 499 g/mol. The molecule has 2 fully saturated rings. The van der Waals surface area contributed by atoms with Gasteiger partial charge >= 0.3 is 6.09 Å². The standard InChI is InChI=1S/C27H35FN4O4/c1-17-23(18(2)30-16-29-17)21-14-19(31-24(33)27(28)11-12-27)9-10-22(21)35-15-20-8-6-7-13-32(20)25(34)36-26(3,4)5/h9-10,14,16,20H,6-8,11-13,15H2,1-5H3,(H,31,33)/t20-/m1/s1. The highest BCUT2D eigenvalue weighted by atomic mass is 19.1. The van der Waals surface area contributed by atoms with Gasteiger partial charge in [0.15, 0.2) is 5.67 Å². The van der Waals surface area contributed by atoms with Crippen molar-refractivity contribution in [2.24, 2.45) is 0 Å². The lowest BCUT2D eigenvalue weighted by Crippen LogP contribution is -2.48. The van der Waals surface area contributed by atoms with Crippen molar-refractivity contribution >= 4 is 17.7 Å². The van der Waals surface area contributed by atoms with Gasteiger partial charge in [0.2, 0.25) is 0 Å². The first-order chi connectivity index (χ1) is 17.0. The molecule has 1 aliphatic heterocycles. The second kappa shape index (κ2) is 10.0. The van der Waals surface area contributed by atoms with Crippen molar-refractivity contribution in [2.45, 2.75) is 84.0 Å². The number of benzene rings is 1. The molecule has 2 aliphatic rings. The molecule has 9 heteroatoms. The number of hydrogen-bond donors (Lipinski definition) is 1. The van der Waals surface area contributed by atoms with Crippen molar-refractivity contribution in [1.29, 1.82) is 0 Å². The Kier molecular flexibility index (Phi) is 7.20. The number of hydrogen-bond acceptors (Lipinski definition) is 6. The second-order valence-electron chi connectivity index (χ2n) is 10.7. The molecule has 1 N–H and O–H groups in total. The summed E-state index contributed by atoms with van der Waals surface area (Å²) >= 11 is 0. The Morgan fingerprint density at radius 1 is 1.17 bits per heavy atom. The summed E-state index contributed by atoms with van der Waals surface area (Å²) in [5.74, 6) is -0.0554. The van der Waals surface area contributed by atoms with E-state index in [2.05, 4.69) is 15.3 Å². The highest BCUT2D eigenvalue weighted by molar-refractivity contribution is 6.00. The lowest BCUT2D eigenvalue weighted by Gasteiger charge is -2.36. The normalized spacial score (nSPS) is 18.9. The molecule has 2 aromatic rings. The van der Waals surface area contributed by atoms with E-state index in [-0.39, 0.29) is 31.6 Å². The summed E-state index contributed by atoms with van der Waals surface area (Å²) in [5.41, 5.74) is 1.13. The van der Waals surface area contributed by atoms with E-state index in [4.69, 9.17) is 9.47 Å². The molecular formula is C27H35FN4O4. The maximum absolute atomic E-state index is 14.2. The first-order valence-electron chi connectivity index (χ1n) is 12.5. The summed E-state index contributed by atoms with van der Waals surface area (Å²) in [7, 11) is 0. The molecule has 1 saturated heterocycles. The van der Waals surface area contributed by atoms with Crippen LogP contribution in [0.2, 0.25) is 0 Å². The number of nitrogens with zero attached hydrogens (tertiary/aromatic N) is 3. The third-order valence-electron chi connectivity index (χ3n) is 6.52. The number of carbonyl (C=O) groups is 2. The zero-order valence-electron chi connectivity index (χ0n) is 21.7. The van der Waals surface area contributed by atoms with Crippen LogP contribution in [-0.4, -0.2) is 57.3 Å². The van der Waals surface area contributed by atoms with Gasteiger partial charge < -0.3 is 19.7 Å². The number of aromatic nitrogens is 2. The summed E-state index contributed by atoms with van der Waals surface area (Å²) in [6, 6.07) is 5.10. The molecule has 0 bridgehead atoms. The smallest absolute Gasteiger partial charge is 0.410 e. The van der Waals surface area contributed by atoms with Crippen molar-refractivity contribution < 1.29 is 23.5 Å². The van der Waals surface area contributed by atoms with Crippen molar-refractivity contribution in [3.63, 3.8) is 0 Å². The molecule has 1 aromatic carbocycles. The Bertz CT molecular complexity index is 1120. The first kappa shape index (κ1) is 25.9. The Labute approximate surface area is 211 Å². The van der Waals surface area contributed by atoms with E-state index in [1.807, 2.05) is 34.6 Å². The van der Waals surface area contributed by atoms with Gasteiger partial charge in [-0.2, -0.15) is 0 Å². The van der Waals surface area contributed by atoms with Crippen molar-refractivity contribution in [3.05, 3.63) is 35.9 Å². The van der Waals surface area contributed by atoms with Crippen LogP contribution < -0.4 is 10.1 Å². The van der Waals surface area contributed by atoms with Crippen LogP contribution in [0.4, 0.5) is 14.9 Å². The van der Waals surface area contributed by atoms with Crippen LogP contribution in [0.15, 0.2) is 24.5 Å². The third-order valence-corrected chi connectivity index (χ3v) is 6.52. The number of piperidine rings is 1. The van der Waals surface area contributed by atoms with Gasteiger partial charge in [0.1, 0.15) is 24.3 Å². The van der Waals surface area contributed by atoms with Gasteiger partial charge in [0.25, 0.3) is 5.91 Å². The maximum atomic E-state index is 14.2. The van der Waals surface area contributed by atoms with Crippen molar-refractivity contribution in [1.82, 2.24) is 14.9 Å². The zero-order valence-corrected chi connectivity index (χ0v) is 21.7. The van der Waals surface area contributed by atoms with E-state index >= 15 is 0 Å². The minimum Gasteiger partial charge on any atom is -0.491 e. The van der Waals surface area contributed by atoms with E-state index in [0.717, 1.165) is 36.2 Å². The van der Waals surface area contributed by atoms with E-state index in [0.29, 0.717) is 23.5 Å². The van der Waals surface area contributed by atoms with Crippen LogP contribution in [0.3, 0.4) is 0 Å². The molecule has 0 unspecified atom stereocenters. The van der Waals surface area contributed by atoms with E-state index in [1.165, 1.54) is 6.33 Å². The van der Waals surface area contributed by atoms with Crippen LogP contribution in [-0.2, 0) is 9.53 Å². The minimum absolute atomic E-state index is 0.128. The fourth-order valence-corrected chi connectivity index (χ4v) is 4.41. The quantitative estimate of drug-likeness (QED) is 0.576. The Morgan fingerprint density at radius 2 is 1.86 bits per heavy atom. The molecule has 8 nitrogen and oxygen atoms in total. The molecule has 1 aromatic heterocycles. The fraction of sp³-hybridized carbons (Fsp3) is 0.556. The Morgan fingerprint density at radius 3 is 2.50 bits per heavy atom. The predicted molar refractivity (Wildman–Crippen MR) is 135 cm³/mol. The van der Waals surface area contributed by atoms with Crippen LogP contribution in [0, 0.1) is 13.8 Å². The molecule has 2 amide bonds. The number of halogens is 1. The highest BCUT2D eigenvalue weighted by Gasteiger charge is 2.50. The summed E-state index contributed by atoms with van der Waals surface area (Å²) in [6.45, 7) is 10.2. The molecule has 4 rings (SSSR count). The maximum Gasteiger partial charge on any atom is 0.410 e. The molecule has 0 radical (unpaired) electrons. The van der Waals surface area contributed by atoms with E-state index in [1.54, 1.807) is 23.1 Å². The van der Waals surface area contributed by atoms with Gasteiger partial charge in [-0.15, -0.1) is 0 Å². The van der Waals surface area contributed by atoms with Gasteiger partial charge in [-0.25, -0.2) is 19.2 Å². The summed E-state index contributed by atoms with van der Waals surface area (Å²) in [6.07, 6.45) is 4.39. The number of nitrogens with one attached hydrogen (secondary N) is 1. The van der Waals surface area contributed by atoms with Gasteiger partial charge in [-0.1, -0.05) is 0 Å². The summed E-state index contributed by atoms with van der Waals surface area (Å²) < 4.78 is 26.2. The Balaban J connectivity index is 1.59. The third kappa shape index (κ3) is 5.94. The number of ether oxygens (including phenoxy) is 2. The zero-order chi connectivity index (χ0) is 26.1. The van der Waals surface area contributed by atoms with Gasteiger partial charge in [-0.05, 0) is 84.9 Å². The monoisotopic (exact) mass is 498 g/mol. The SMILES string of the molecule is Cc1ncnc(C)c1-c1cc(NC(=O)C2(F)CC2)ccc1OC[C@H]1CCCCN1C(=O)OC(C)(C)C. The topological polar surface area (TPSA) is 93.6 Å². The summed E-state index contributed by atoms with van der Waals surface area (Å²) in [5, 5.41) is 2.69. The lowest BCUT2D eigenvalue weighted by atomic mass is 10.0. The molecule has 1 aliphatic carbocycles. The van der Waals surface area contributed by atoms with Gasteiger partial charge in [-0.3, -0.25) is 4.79 Å². The number of carbonyl (C=O) groups excluding carboxylic acids is 2. The number of amides is 2. The van der Waals surface area contributed by atoms with Gasteiger partial charge in [0.05, 0.1) is 6.04 Å². The van der Waals surface area contributed by atoms with Crippen LogP contribution in [0.1, 0.15) is 64.3 Å². The van der Waals surface area contributed by atoms with Crippen molar-refractivity contribution in [3.8, 4) is 16.9 Å². The van der Waals surface area contributed by atoms with Crippen molar-refractivity contribution in [2.75, 3.05) is 18.5 Å². The van der Waals surface area contributed by atoms with E-state index < -0.39 is 17.2 Å². The Hall–Kier alpha value is -3.23. The number of likely N-dealkylation sites (tertiary alicyclic amines) is 1. The molecule has 36 heavy (non-hydrogen) atoms. The highest BCUT2D eigenvalue weighted by Crippen LogP contribution is 2.41. The fourth-order valence-electron chi connectivity index (χ4n) is 4.41. The molecule has 0 spiro atoms. The number of alkyl halides is 1. The second-order valence-corrected chi connectivity index (χ2v) is 10.7. The number of aryl methyl sites for hydroxylation is 2. The average Bonchev–Trinajstić information content (AvgIpc) is 3.56. The number of rotatable bonds is 6.